The van der Waals surface area contributed by atoms with Crippen molar-refractivity contribution in [3.63, 3.8) is 0 Å². The largest absolute Gasteiger partial charge is 0.322 e. The molecule has 0 aliphatic rings. The summed E-state index contributed by atoms with van der Waals surface area (Å²) in [7, 11) is 0. The zero-order valence-electron chi connectivity index (χ0n) is 9.14. The Labute approximate surface area is 99.7 Å². The van der Waals surface area contributed by atoms with Gasteiger partial charge in [0.1, 0.15) is 0 Å². The maximum atomic E-state index is 11.8. The van der Waals surface area contributed by atoms with E-state index in [1.807, 2.05) is 12.3 Å². The third kappa shape index (κ3) is 3.90. The summed E-state index contributed by atoms with van der Waals surface area (Å²) in [6.07, 6.45) is 4.82. The lowest BCUT2D eigenvalue weighted by atomic mass is 10.2. The van der Waals surface area contributed by atoms with Crippen molar-refractivity contribution in [2.45, 2.75) is 6.92 Å². The number of nitrogens with one attached hydrogen (secondary N) is 1. The summed E-state index contributed by atoms with van der Waals surface area (Å²) in [5, 5.41) is 4.58. The molecule has 0 saturated heterocycles. The van der Waals surface area contributed by atoms with Crippen LogP contribution in [-0.2, 0) is 4.79 Å². The van der Waals surface area contributed by atoms with Crippen LogP contribution in [-0.4, -0.2) is 16.6 Å². The molecular formula is C12H14N2OS. The van der Waals surface area contributed by atoms with E-state index < -0.39 is 0 Å². The van der Waals surface area contributed by atoms with E-state index in [9.17, 15) is 4.79 Å². The molecule has 0 aromatic carbocycles. The number of rotatable bonds is 5. The van der Waals surface area contributed by atoms with Crippen molar-refractivity contribution >= 4 is 23.4 Å². The van der Waals surface area contributed by atoms with E-state index in [1.54, 1.807) is 42.4 Å². The minimum atomic E-state index is -0.151. The first-order valence-corrected chi connectivity index (χ1v) is 5.98. The summed E-state index contributed by atoms with van der Waals surface area (Å²) in [4.78, 5) is 15.6. The Bertz CT molecular complexity index is 387. The topological polar surface area (TPSA) is 42.0 Å². The van der Waals surface area contributed by atoms with E-state index in [0.29, 0.717) is 5.57 Å². The van der Waals surface area contributed by atoms with Crippen molar-refractivity contribution in [1.82, 2.24) is 4.98 Å². The van der Waals surface area contributed by atoms with Crippen molar-refractivity contribution < 1.29 is 4.79 Å². The number of carbonyl (C=O) groups is 1. The minimum absolute atomic E-state index is 0.151. The van der Waals surface area contributed by atoms with Gasteiger partial charge in [0, 0.05) is 23.7 Å². The molecule has 1 heterocycles. The zero-order valence-corrected chi connectivity index (χ0v) is 9.96. The fourth-order valence-corrected chi connectivity index (χ4v) is 1.56. The van der Waals surface area contributed by atoms with Crippen LogP contribution in [0.1, 0.15) is 6.92 Å². The maximum absolute atomic E-state index is 11.8. The zero-order chi connectivity index (χ0) is 11.8. The molecular weight excluding hydrogens is 220 g/mol. The van der Waals surface area contributed by atoms with Gasteiger partial charge in [-0.2, -0.15) is 0 Å². The summed E-state index contributed by atoms with van der Waals surface area (Å²) in [6.45, 7) is 5.65. The predicted molar refractivity (Wildman–Crippen MR) is 69.3 cm³/mol. The Morgan fingerprint density at radius 3 is 2.81 bits per heavy atom. The molecule has 0 aliphatic heterocycles. The summed E-state index contributed by atoms with van der Waals surface area (Å²) < 4.78 is 0. The van der Waals surface area contributed by atoms with Gasteiger partial charge in [-0.3, -0.25) is 9.78 Å². The number of pyridine rings is 1. The first kappa shape index (κ1) is 12.5. The van der Waals surface area contributed by atoms with Crippen molar-refractivity contribution in [2.75, 3.05) is 11.1 Å². The fraction of sp³-hybridized carbons (Fsp3) is 0.167. The molecule has 0 aliphatic carbocycles. The Morgan fingerprint density at radius 2 is 2.25 bits per heavy atom. The molecule has 1 N–H and O–H groups in total. The second kappa shape index (κ2) is 6.85. The first-order chi connectivity index (χ1) is 7.77. The molecule has 16 heavy (non-hydrogen) atoms. The number of aromatic nitrogens is 1. The van der Waals surface area contributed by atoms with Crippen LogP contribution in [0.15, 0.2) is 48.2 Å². The second-order valence-electron chi connectivity index (χ2n) is 2.92. The smallest absolute Gasteiger partial charge is 0.256 e. The van der Waals surface area contributed by atoms with Gasteiger partial charge in [0.05, 0.1) is 0 Å². The number of amides is 1. The maximum Gasteiger partial charge on any atom is 0.256 e. The standard InChI is InChI=1S/C12H14N2OS/c1-3-10(9-16-4-2)12(15)14-11-5-7-13-8-6-11/h3,5-9H,1,4H2,2H3,(H,13,14,15)/b10-9+. The molecule has 1 rings (SSSR count). The lowest BCUT2D eigenvalue weighted by molar-refractivity contribution is -0.112. The SMILES string of the molecule is C=C/C(=C\SCC)C(=O)Nc1ccncc1. The van der Waals surface area contributed by atoms with Gasteiger partial charge in [-0.05, 0) is 23.3 Å². The molecule has 1 aromatic rings. The molecule has 0 fully saturated rings. The third-order valence-electron chi connectivity index (χ3n) is 1.80. The third-order valence-corrected chi connectivity index (χ3v) is 2.55. The van der Waals surface area contributed by atoms with E-state index >= 15 is 0 Å². The van der Waals surface area contributed by atoms with Gasteiger partial charge >= 0.3 is 0 Å². The number of hydrogen-bond acceptors (Lipinski definition) is 3. The molecule has 1 aromatic heterocycles. The van der Waals surface area contributed by atoms with Gasteiger partial charge in [0.2, 0.25) is 0 Å². The monoisotopic (exact) mass is 234 g/mol. The van der Waals surface area contributed by atoms with Crippen LogP contribution < -0.4 is 5.32 Å². The van der Waals surface area contributed by atoms with Crippen molar-refractivity contribution in [1.29, 1.82) is 0 Å². The highest BCUT2D eigenvalue weighted by molar-refractivity contribution is 8.02. The molecule has 0 unspecified atom stereocenters. The minimum Gasteiger partial charge on any atom is -0.322 e. The Balaban J connectivity index is 2.67. The van der Waals surface area contributed by atoms with E-state index in [-0.39, 0.29) is 5.91 Å². The van der Waals surface area contributed by atoms with Crippen LogP contribution in [0.2, 0.25) is 0 Å². The van der Waals surface area contributed by atoms with Crippen LogP contribution in [0.5, 0.6) is 0 Å². The van der Waals surface area contributed by atoms with Crippen molar-refractivity contribution in [3.05, 3.63) is 48.2 Å². The van der Waals surface area contributed by atoms with Crippen LogP contribution in [0, 0.1) is 0 Å². The molecule has 84 valence electrons. The lowest BCUT2D eigenvalue weighted by Gasteiger charge is -2.04. The lowest BCUT2D eigenvalue weighted by Crippen LogP contribution is -2.12. The van der Waals surface area contributed by atoms with Gasteiger partial charge in [-0.15, -0.1) is 11.8 Å². The fourth-order valence-electron chi connectivity index (χ4n) is 1.01. The molecule has 0 radical (unpaired) electrons. The summed E-state index contributed by atoms with van der Waals surface area (Å²) in [5.41, 5.74) is 1.30. The second-order valence-corrected chi connectivity index (χ2v) is 4.07. The van der Waals surface area contributed by atoms with Crippen molar-refractivity contribution in [3.8, 4) is 0 Å². The Kier molecular flexibility index (Phi) is 5.36. The van der Waals surface area contributed by atoms with Gasteiger partial charge < -0.3 is 5.32 Å². The Morgan fingerprint density at radius 1 is 1.56 bits per heavy atom. The molecule has 0 spiro atoms. The average molecular weight is 234 g/mol. The van der Waals surface area contributed by atoms with Crippen LogP contribution in [0.3, 0.4) is 0 Å². The highest BCUT2D eigenvalue weighted by atomic mass is 32.2. The Hall–Kier alpha value is -1.55. The van der Waals surface area contributed by atoms with Crippen LogP contribution >= 0.6 is 11.8 Å². The molecule has 0 saturated carbocycles. The summed E-state index contributed by atoms with van der Waals surface area (Å²) >= 11 is 1.57. The predicted octanol–water partition coefficient (Wildman–Crippen LogP) is 2.84. The van der Waals surface area contributed by atoms with E-state index in [0.717, 1.165) is 11.4 Å². The quantitative estimate of drug-likeness (QED) is 0.629. The van der Waals surface area contributed by atoms with Gasteiger partial charge in [0.25, 0.3) is 5.91 Å². The van der Waals surface area contributed by atoms with Gasteiger partial charge in [-0.1, -0.05) is 19.6 Å². The molecule has 0 atom stereocenters. The van der Waals surface area contributed by atoms with E-state index in [4.69, 9.17) is 0 Å². The number of anilines is 1. The normalized spacial score (nSPS) is 10.9. The average Bonchev–Trinajstić information content (AvgIpc) is 2.31. The summed E-state index contributed by atoms with van der Waals surface area (Å²) in [5.74, 6) is 0.780. The van der Waals surface area contributed by atoms with Crippen LogP contribution in [0.4, 0.5) is 5.69 Å². The summed E-state index contributed by atoms with van der Waals surface area (Å²) in [6, 6.07) is 3.48. The van der Waals surface area contributed by atoms with Crippen molar-refractivity contribution in [2.24, 2.45) is 0 Å². The molecule has 4 heteroatoms. The number of thioether (sulfide) groups is 1. The molecule has 3 nitrogen and oxygen atoms in total. The first-order valence-electron chi connectivity index (χ1n) is 4.93. The van der Waals surface area contributed by atoms with Gasteiger partial charge in [0.15, 0.2) is 0 Å². The van der Waals surface area contributed by atoms with E-state index in [1.165, 1.54) is 0 Å². The van der Waals surface area contributed by atoms with Crippen LogP contribution in [0.25, 0.3) is 0 Å². The molecule has 1 amide bonds. The molecule has 0 bridgehead atoms. The number of hydrogen-bond donors (Lipinski definition) is 1. The number of carbonyl (C=O) groups excluding carboxylic acids is 1. The van der Waals surface area contributed by atoms with E-state index in [2.05, 4.69) is 16.9 Å². The highest BCUT2D eigenvalue weighted by Crippen LogP contribution is 2.11. The van der Waals surface area contributed by atoms with Gasteiger partial charge in [-0.25, -0.2) is 0 Å². The highest BCUT2D eigenvalue weighted by Gasteiger charge is 2.05. The number of nitrogens with zero attached hydrogens (tertiary/aromatic N) is 1.